The monoisotopic (exact) mass is 350 g/mol. The zero-order chi connectivity index (χ0) is 17.5. The second-order valence-electron chi connectivity index (χ2n) is 4.71. The summed E-state index contributed by atoms with van der Waals surface area (Å²) in [6.45, 7) is 2.51. The summed E-state index contributed by atoms with van der Waals surface area (Å²) in [4.78, 5) is 22.9. The van der Waals surface area contributed by atoms with E-state index in [1.165, 1.54) is 18.9 Å². The maximum atomic E-state index is 11.4. The van der Waals surface area contributed by atoms with Crippen molar-refractivity contribution in [3.8, 4) is 0 Å². The average molecular weight is 350 g/mol. The molecule has 0 unspecified atom stereocenters. The van der Waals surface area contributed by atoms with Gasteiger partial charge in [0, 0.05) is 0 Å². The molecule has 0 saturated carbocycles. The van der Waals surface area contributed by atoms with Crippen LogP contribution in [0.2, 0.25) is 0 Å². The highest BCUT2D eigenvalue weighted by atomic mass is 32.2. The number of nitrogens with two attached hydrogens (primary N) is 1. The fourth-order valence-electron chi connectivity index (χ4n) is 1.93. The van der Waals surface area contributed by atoms with E-state index >= 15 is 0 Å². The second kappa shape index (κ2) is 8.34. The van der Waals surface area contributed by atoms with E-state index in [-0.39, 0.29) is 17.7 Å². The van der Waals surface area contributed by atoms with Crippen molar-refractivity contribution in [1.82, 2.24) is 14.8 Å². The highest BCUT2D eigenvalue weighted by Crippen LogP contribution is 2.20. The number of hydrogen-bond acceptors (Lipinski definition) is 8. The number of rotatable bonds is 7. The Morgan fingerprint density at radius 2 is 1.96 bits per heavy atom. The molecule has 2 aromatic rings. The number of hydrogen-bond donors (Lipinski definition) is 1. The molecule has 0 aliphatic carbocycles. The number of carbonyl (C=O) groups excluding carboxylic acids is 2. The number of benzene rings is 1. The third-order valence-corrected chi connectivity index (χ3v) is 4.03. The summed E-state index contributed by atoms with van der Waals surface area (Å²) in [5.74, 6) is -0.333. The minimum atomic E-state index is -0.393. The first-order chi connectivity index (χ1) is 11.5. The number of nitrogens with zero attached hydrogens (tertiary/aromatic N) is 3. The van der Waals surface area contributed by atoms with Crippen molar-refractivity contribution in [2.75, 3.05) is 25.2 Å². The van der Waals surface area contributed by atoms with Gasteiger partial charge in [-0.25, -0.2) is 4.79 Å². The fourth-order valence-corrected chi connectivity index (χ4v) is 2.67. The van der Waals surface area contributed by atoms with Gasteiger partial charge in [0.1, 0.15) is 0 Å². The van der Waals surface area contributed by atoms with E-state index in [0.29, 0.717) is 23.9 Å². The van der Waals surface area contributed by atoms with Crippen molar-refractivity contribution in [3.63, 3.8) is 0 Å². The van der Waals surface area contributed by atoms with Crippen molar-refractivity contribution < 1.29 is 19.1 Å². The lowest BCUT2D eigenvalue weighted by Crippen LogP contribution is -2.10. The van der Waals surface area contributed by atoms with Crippen LogP contribution in [0.25, 0.3) is 0 Å². The maximum absolute atomic E-state index is 11.4. The van der Waals surface area contributed by atoms with Gasteiger partial charge in [-0.2, -0.15) is 0 Å². The van der Waals surface area contributed by atoms with Gasteiger partial charge in [0.05, 0.1) is 31.6 Å². The Hall–Kier alpha value is -2.55. The molecule has 24 heavy (non-hydrogen) atoms. The molecule has 0 aliphatic rings. The van der Waals surface area contributed by atoms with Crippen LogP contribution >= 0.6 is 11.8 Å². The Kier molecular flexibility index (Phi) is 6.19. The molecule has 0 amide bonds. The molecular formula is C15H18N4O4S. The quantitative estimate of drug-likeness (QED) is 0.589. The Labute approximate surface area is 143 Å². The van der Waals surface area contributed by atoms with Crippen molar-refractivity contribution in [1.29, 1.82) is 0 Å². The van der Waals surface area contributed by atoms with Crippen molar-refractivity contribution in [2.45, 2.75) is 18.6 Å². The molecule has 0 aliphatic heterocycles. The Bertz CT molecular complexity index is 715. The smallest absolute Gasteiger partial charge is 0.337 e. The lowest BCUT2D eigenvalue weighted by molar-refractivity contribution is -0.139. The molecule has 8 nitrogen and oxygen atoms in total. The van der Waals surface area contributed by atoms with Crippen LogP contribution in [-0.2, 0) is 20.8 Å². The van der Waals surface area contributed by atoms with Gasteiger partial charge in [0.15, 0.2) is 5.16 Å². The van der Waals surface area contributed by atoms with Crippen LogP contribution in [0.3, 0.4) is 0 Å². The molecule has 9 heteroatoms. The van der Waals surface area contributed by atoms with Crippen LogP contribution in [-0.4, -0.2) is 46.2 Å². The lowest BCUT2D eigenvalue weighted by Gasteiger charge is -2.08. The van der Waals surface area contributed by atoms with Crippen LogP contribution in [0, 0.1) is 0 Å². The first-order valence-corrected chi connectivity index (χ1v) is 8.18. The molecule has 0 spiro atoms. The summed E-state index contributed by atoms with van der Waals surface area (Å²) in [5, 5.41) is 8.34. The van der Waals surface area contributed by atoms with E-state index in [9.17, 15) is 9.59 Å². The lowest BCUT2D eigenvalue weighted by atomic mass is 10.1. The maximum Gasteiger partial charge on any atom is 0.337 e. The molecule has 128 valence electrons. The number of methoxy groups -OCH3 is 1. The minimum absolute atomic E-state index is 0.132. The Morgan fingerprint density at radius 3 is 2.58 bits per heavy atom. The minimum Gasteiger partial charge on any atom is -0.465 e. The number of anilines is 1. The largest absolute Gasteiger partial charge is 0.465 e. The number of nitrogen functional groups attached to an aromatic ring is 1. The highest BCUT2D eigenvalue weighted by molar-refractivity contribution is 7.99. The van der Waals surface area contributed by atoms with Crippen molar-refractivity contribution in [2.24, 2.45) is 0 Å². The van der Waals surface area contributed by atoms with Gasteiger partial charge >= 0.3 is 11.9 Å². The van der Waals surface area contributed by atoms with Crippen molar-refractivity contribution >= 4 is 29.6 Å². The van der Waals surface area contributed by atoms with Gasteiger partial charge in [-0.05, 0) is 24.6 Å². The molecule has 1 aromatic heterocycles. The number of esters is 2. The van der Waals surface area contributed by atoms with E-state index < -0.39 is 5.97 Å². The molecule has 0 saturated heterocycles. The number of carbonyl (C=O) groups is 2. The molecule has 0 radical (unpaired) electrons. The predicted molar refractivity (Wildman–Crippen MR) is 88.7 cm³/mol. The number of ether oxygens (including phenoxy) is 2. The second-order valence-corrected chi connectivity index (χ2v) is 5.65. The molecular weight excluding hydrogens is 332 g/mol. The van der Waals surface area contributed by atoms with Gasteiger partial charge in [-0.15, -0.1) is 10.2 Å². The van der Waals surface area contributed by atoms with Crippen LogP contribution < -0.4 is 5.73 Å². The predicted octanol–water partition coefficient (Wildman–Crippen LogP) is 1.35. The molecule has 1 aromatic carbocycles. The fraction of sp³-hybridized carbons (Fsp3) is 0.333. The molecule has 0 fully saturated rings. The van der Waals surface area contributed by atoms with Gasteiger partial charge in [0.2, 0.25) is 5.95 Å². The summed E-state index contributed by atoms with van der Waals surface area (Å²) in [5.41, 5.74) is 7.22. The van der Waals surface area contributed by atoms with Crippen LogP contribution in [0.1, 0.15) is 22.8 Å². The Balaban J connectivity index is 2.08. The summed E-state index contributed by atoms with van der Waals surface area (Å²) >= 11 is 1.21. The zero-order valence-corrected chi connectivity index (χ0v) is 14.2. The number of aromatic nitrogens is 3. The van der Waals surface area contributed by atoms with Crippen LogP contribution in [0.5, 0.6) is 0 Å². The molecule has 1 heterocycles. The normalized spacial score (nSPS) is 10.4. The molecule has 2 rings (SSSR count). The standard InChI is InChI=1S/C15H18N4O4S/c1-3-23-12(20)9-24-15-18-17-14(16)19(15)8-10-4-6-11(7-5-10)13(21)22-2/h4-7H,3,8-9H2,1-2H3,(H2,16,17). The van der Waals surface area contributed by atoms with Gasteiger partial charge in [-0.1, -0.05) is 23.9 Å². The summed E-state index contributed by atoms with van der Waals surface area (Å²) < 4.78 is 11.2. The van der Waals surface area contributed by atoms with Crippen LogP contribution in [0.15, 0.2) is 29.4 Å². The average Bonchev–Trinajstić information content (AvgIpc) is 2.93. The molecule has 2 N–H and O–H groups in total. The zero-order valence-electron chi connectivity index (χ0n) is 13.4. The Morgan fingerprint density at radius 1 is 1.25 bits per heavy atom. The SMILES string of the molecule is CCOC(=O)CSc1nnc(N)n1Cc1ccc(C(=O)OC)cc1. The third kappa shape index (κ3) is 4.48. The molecule has 0 bridgehead atoms. The summed E-state index contributed by atoms with van der Waals surface area (Å²) in [6.07, 6.45) is 0. The summed E-state index contributed by atoms with van der Waals surface area (Å²) in [7, 11) is 1.33. The van der Waals surface area contributed by atoms with Gasteiger partial charge in [0.25, 0.3) is 0 Å². The third-order valence-electron chi connectivity index (χ3n) is 3.09. The molecule has 0 atom stereocenters. The van der Waals surface area contributed by atoms with Gasteiger partial charge < -0.3 is 15.2 Å². The first kappa shape index (κ1) is 17.8. The van der Waals surface area contributed by atoms with E-state index in [1.54, 1.807) is 35.8 Å². The van der Waals surface area contributed by atoms with E-state index in [0.717, 1.165) is 5.56 Å². The van der Waals surface area contributed by atoms with E-state index in [1.807, 2.05) is 0 Å². The highest BCUT2D eigenvalue weighted by Gasteiger charge is 2.13. The van der Waals surface area contributed by atoms with E-state index in [4.69, 9.17) is 10.5 Å². The van der Waals surface area contributed by atoms with Crippen molar-refractivity contribution in [3.05, 3.63) is 35.4 Å². The van der Waals surface area contributed by atoms with E-state index in [2.05, 4.69) is 14.9 Å². The topological polar surface area (TPSA) is 109 Å². The van der Waals surface area contributed by atoms with Gasteiger partial charge in [-0.3, -0.25) is 9.36 Å². The van der Waals surface area contributed by atoms with Crippen LogP contribution in [0.4, 0.5) is 5.95 Å². The number of thioether (sulfide) groups is 1. The first-order valence-electron chi connectivity index (χ1n) is 7.19. The summed E-state index contributed by atoms with van der Waals surface area (Å²) in [6, 6.07) is 6.94.